The molecule has 2 aromatic rings. The molecule has 0 amide bonds. The van der Waals surface area contributed by atoms with E-state index in [2.05, 4.69) is 10.0 Å². The molecule has 2 aromatic carbocycles. The summed E-state index contributed by atoms with van der Waals surface area (Å²) in [6, 6.07) is 12.2. The van der Waals surface area contributed by atoms with Crippen LogP contribution in [0.25, 0.3) is 0 Å². The van der Waals surface area contributed by atoms with Crippen molar-refractivity contribution >= 4 is 27.2 Å². The predicted molar refractivity (Wildman–Crippen MR) is 107 cm³/mol. The molecule has 0 saturated heterocycles. The number of nitrogens with one attached hydrogen (secondary N) is 2. The largest absolute Gasteiger partial charge is 1.00 e. The molecule has 9 nitrogen and oxygen atoms in total. The van der Waals surface area contributed by atoms with Gasteiger partial charge in [-0.05, 0) is 36.4 Å². The number of nitro benzene ring substituents is 1. The molecule has 0 aliphatic carbocycles. The zero-order valence-electron chi connectivity index (χ0n) is 16.3. The van der Waals surface area contributed by atoms with Crippen molar-refractivity contribution in [3.63, 3.8) is 0 Å². The van der Waals surface area contributed by atoms with E-state index in [0.29, 0.717) is 6.54 Å². The summed E-state index contributed by atoms with van der Waals surface area (Å²) in [4.78, 5) is 10.1. The third-order valence-electron chi connectivity index (χ3n) is 4.08. The van der Waals surface area contributed by atoms with E-state index in [1.54, 1.807) is 7.11 Å². The molecule has 0 radical (unpaired) electrons. The quantitative estimate of drug-likeness (QED) is 0.113. The van der Waals surface area contributed by atoms with Crippen LogP contribution < -0.4 is 38.8 Å². The van der Waals surface area contributed by atoms with Gasteiger partial charge < -0.3 is 28.7 Å². The Morgan fingerprint density at radius 3 is 2.21 bits per heavy atom. The Morgan fingerprint density at radius 1 is 1.10 bits per heavy atom. The zero-order valence-corrected chi connectivity index (χ0v) is 19.2. The van der Waals surface area contributed by atoms with Crippen molar-refractivity contribution in [2.75, 3.05) is 32.6 Å². The summed E-state index contributed by atoms with van der Waals surface area (Å²) in [5.74, 6) is 1.61. The van der Waals surface area contributed by atoms with E-state index in [1.807, 2.05) is 42.8 Å². The molecule has 11 heteroatoms. The lowest BCUT2D eigenvalue weighted by atomic mass is 10.3. The van der Waals surface area contributed by atoms with Crippen LogP contribution >= 0.6 is 0 Å². The minimum atomic E-state index is -3.73. The highest BCUT2D eigenvalue weighted by Gasteiger charge is 2.16. The molecule has 0 aromatic heterocycles. The highest BCUT2D eigenvalue weighted by molar-refractivity contribution is 7.89. The van der Waals surface area contributed by atoms with E-state index >= 15 is 0 Å². The van der Waals surface area contributed by atoms with Crippen LogP contribution in [0.4, 0.5) is 11.4 Å². The summed E-state index contributed by atoms with van der Waals surface area (Å²) in [5, 5.41) is 13.9. The molecule has 0 aliphatic rings. The Bertz CT molecular complexity index is 961. The van der Waals surface area contributed by atoms with Crippen molar-refractivity contribution in [2.45, 2.75) is 11.8 Å². The van der Waals surface area contributed by atoms with Crippen LogP contribution in [0.1, 0.15) is 6.92 Å². The van der Waals surface area contributed by atoms with Gasteiger partial charge in [0.15, 0.2) is 0 Å². The molecule has 0 saturated carbocycles. The van der Waals surface area contributed by atoms with Crippen molar-refractivity contribution in [2.24, 2.45) is 0 Å². The minimum Gasteiger partial charge on any atom is -1.00 e. The SMILES string of the molecule is COc1ccc(NC(C)=[N+](C)CCNS(=O)(=O)c2ccc([N+](=O)[O-])cc2)cc1.[I-]. The minimum absolute atomic E-state index is 0. The van der Waals surface area contributed by atoms with Gasteiger partial charge >= 0.3 is 0 Å². The first kappa shape index (κ1) is 24.8. The Labute approximate surface area is 187 Å². The maximum atomic E-state index is 12.3. The molecule has 0 spiro atoms. The van der Waals surface area contributed by atoms with Gasteiger partial charge in [0.2, 0.25) is 15.9 Å². The van der Waals surface area contributed by atoms with Gasteiger partial charge in [-0.3, -0.25) is 14.7 Å². The lowest BCUT2D eigenvalue weighted by Crippen LogP contribution is -3.00. The predicted octanol–water partition coefficient (Wildman–Crippen LogP) is -0.941. The number of nitrogens with zero attached hydrogens (tertiary/aromatic N) is 2. The molecule has 0 fully saturated rings. The highest BCUT2D eigenvalue weighted by Crippen LogP contribution is 2.16. The Kier molecular flexibility index (Phi) is 9.46. The summed E-state index contributed by atoms with van der Waals surface area (Å²) >= 11 is 0. The van der Waals surface area contributed by atoms with E-state index in [4.69, 9.17) is 4.74 Å². The third-order valence-corrected chi connectivity index (χ3v) is 5.56. The molecule has 0 unspecified atom stereocenters. The maximum Gasteiger partial charge on any atom is 0.269 e. The van der Waals surface area contributed by atoms with E-state index < -0.39 is 14.9 Å². The average molecular weight is 534 g/mol. The molecule has 0 bridgehead atoms. The van der Waals surface area contributed by atoms with Gasteiger partial charge in [-0.15, -0.1) is 0 Å². The lowest BCUT2D eigenvalue weighted by Gasteiger charge is -2.09. The Hall–Kier alpha value is -2.25. The van der Waals surface area contributed by atoms with E-state index in [0.717, 1.165) is 29.4 Å². The molecule has 2 N–H and O–H groups in total. The number of non-ortho nitro benzene ring substituents is 1. The average Bonchev–Trinajstić information content (AvgIpc) is 2.68. The Balaban J connectivity index is 0.00000420. The maximum absolute atomic E-state index is 12.3. The van der Waals surface area contributed by atoms with Crippen molar-refractivity contribution in [1.82, 2.24) is 4.72 Å². The number of likely N-dealkylation sites (N-methyl/N-ethyl adjacent to an activating group) is 1. The van der Waals surface area contributed by atoms with Gasteiger partial charge in [-0.2, -0.15) is 0 Å². The zero-order chi connectivity index (χ0) is 20.7. The number of hydrogen-bond acceptors (Lipinski definition) is 5. The molecule has 0 heterocycles. The topological polar surface area (TPSA) is 114 Å². The first-order chi connectivity index (χ1) is 13.2. The van der Waals surface area contributed by atoms with Crippen LogP contribution in [0.5, 0.6) is 5.75 Å². The second kappa shape index (κ2) is 11.1. The van der Waals surface area contributed by atoms with Gasteiger partial charge in [0.1, 0.15) is 11.4 Å². The fourth-order valence-electron chi connectivity index (χ4n) is 2.32. The van der Waals surface area contributed by atoms with Gasteiger partial charge in [0.05, 0.1) is 30.5 Å². The lowest BCUT2D eigenvalue weighted by molar-refractivity contribution is -0.495. The molecule has 29 heavy (non-hydrogen) atoms. The third kappa shape index (κ3) is 7.25. The first-order valence-electron chi connectivity index (χ1n) is 8.43. The van der Waals surface area contributed by atoms with Crippen LogP contribution in [0.15, 0.2) is 53.4 Å². The molecule has 0 aliphatic heterocycles. The van der Waals surface area contributed by atoms with Crippen molar-refractivity contribution in [3.8, 4) is 5.75 Å². The number of benzene rings is 2. The smallest absolute Gasteiger partial charge is 0.269 e. The number of rotatable bonds is 8. The molecule has 158 valence electrons. The normalized spacial score (nSPS) is 11.8. The molecule has 2 rings (SSSR count). The summed E-state index contributed by atoms with van der Waals surface area (Å²) in [5.41, 5.74) is 0.727. The van der Waals surface area contributed by atoms with Crippen LogP contribution in [-0.4, -0.2) is 51.0 Å². The number of methoxy groups -OCH3 is 1. The summed E-state index contributed by atoms with van der Waals surface area (Å²) < 4.78 is 34.1. The van der Waals surface area contributed by atoms with Crippen molar-refractivity contribution < 1.29 is 46.6 Å². The molecule has 0 atom stereocenters. The van der Waals surface area contributed by atoms with Crippen LogP contribution in [-0.2, 0) is 10.0 Å². The van der Waals surface area contributed by atoms with Gasteiger partial charge in [-0.1, -0.05) is 0 Å². The van der Waals surface area contributed by atoms with Crippen LogP contribution in [0.3, 0.4) is 0 Å². The van der Waals surface area contributed by atoms with E-state index in [1.165, 1.54) is 12.1 Å². The summed E-state index contributed by atoms with van der Waals surface area (Å²) in [7, 11) is -0.292. The van der Waals surface area contributed by atoms with Crippen molar-refractivity contribution in [1.29, 1.82) is 0 Å². The van der Waals surface area contributed by atoms with Gasteiger partial charge in [0.25, 0.3) is 5.69 Å². The first-order valence-corrected chi connectivity index (χ1v) is 9.91. The van der Waals surface area contributed by atoms with Gasteiger partial charge in [-0.25, -0.2) is 18.5 Å². The van der Waals surface area contributed by atoms with E-state index in [9.17, 15) is 18.5 Å². The number of halogens is 1. The Morgan fingerprint density at radius 2 is 1.69 bits per heavy atom. The van der Waals surface area contributed by atoms with Crippen LogP contribution in [0, 0.1) is 10.1 Å². The van der Waals surface area contributed by atoms with Crippen LogP contribution in [0.2, 0.25) is 0 Å². The number of anilines is 1. The molecular formula is C18H23IN4O5S. The number of ether oxygens (including phenoxy) is 1. The fourth-order valence-corrected chi connectivity index (χ4v) is 3.35. The van der Waals surface area contributed by atoms with Crippen molar-refractivity contribution in [3.05, 3.63) is 58.6 Å². The second-order valence-electron chi connectivity index (χ2n) is 6.01. The number of amidine groups is 1. The number of sulfonamides is 1. The molecular weight excluding hydrogens is 511 g/mol. The number of nitro groups is 1. The summed E-state index contributed by atoms with van der Waals surface area (Å²) in [6.07, 6.45) is 0. The highest BCUT2D eigenvalue weighted by atomic mass is 127. The monoisotopic (exact) mass is 534 g/mol. The van der Waals surface area contributed by atoms with Gasteiger partial charge in [0, 0.05) is 25.6 Å². The second-order valence-corrected chi connectivity index (χ2v) is 7.78. The number of hydrogen-bond donors (Lipinski definition) is 2. The summed E-state index contributed by atoms with van der Waals surface area (Å²) in [6.45, 7) is 2.49. The fraction of sp³-hybridized carbons (Fsp3) is 0.278. The standard InChI is InChI=1S/C18H22N4O5S.HI/c1-14(20-15-4-8-17(27-3)9-5-15)21(2)13-12-19-28(25,26)18-10-6-16(7-11-18)22(23)24;/h4-11,19H,12-13H2,1-3H3;1H. The van der Waals surface area contributed by atoms with E-state index in [-0.39, 0.29) is 41.1 Å².